The average molecular weight is 446 g/mol. The lowest BCUT2D eigenvalue weighted by Gasteiger charge is -2.35. The monoisotopic (exact) mass is 445 g/mol. The molecule has 0 aromatic rings. The molecule has 29 heavy (non-hydrogen) atoms. The van der Waals surface area contributed by atoms with Gasteiger partial charge in [0.15, 0.2) is 0 Å². The number of ether oxygens (including phenoxy) is 1. The third-order valence-electron chi connectivity index (χ3n) is 4.59. The topological polar surface area (TPSA) is 136 Å². The molecule has 0 aromatic carbocycles. The van der Waals surface area contributed by atoms with Crippen LogP contribution in [0.3, 0.4) is 0 Å². The fourth-order valence-corrected chi connectivity index (χ4v) is 2.90. The van der Waals surface area contributed by atoms with Gasteiger partial charge < -0.3 is 29.1 Å². The molecule has 10 heteroatoms. The van der Waals surface area contributed by atoms with Crippen LogP contribution in [0.2, 0.25) is 0 Å². The Labute approximate surface area is 177 Å². The van der Waals surface area contributed by atoms with Crippen LogP contribution < -0.4 is 0 Å². The van der Waals surface area contributed by atoms with Crippen molar-refractivity contribution in [2.75, 3.05) is 60.2 Å². The fraction of sp³-hybridized carbons (Fsp3) is 1.00. The second kappa shape index (κ2) is 19.6. The number of rotatable bonds is 18. The van der Waals surface area contributed by atoms with Gasteiger partial charge in [-0.05, 0) is 6.42 Å². The summed E-state index contributed by atoms with van der Waals surface area (Å²) in [4.78, 5) is 0. The van der Waals surface area contributed by atoms with Gasteiger partial charge in [-0.3, -0.25) is 4.18 Å². The van der Waals surface area contributed by atoms with Crippen molar-refractivity contribution in [2.45, 2.75) is 64.4 Å². The van der Waals surface area contributed by atoms with Crippen molar-refractivity contribution in [1.82, 2.24) is 0 Å². The van der Waals surface area contributed by atoms with Crippen molar-refractivity contribution in [3.8, 4) is 0 Å². The smallest absolute Gasteiger partial charge is 0.217 e. The minimum absolute atomic E-state index is 0.0579. The van der Waals surface area contributed by atoms with Crippen molar-refractivity contribution in [1.29, 1.82) is 0 Å². The van der Waals surface area contributed by atoms with Crippen LogP contribution in [0.4, 0.5) is 0 Å². The predicted molar refractivity (Wildman–Crippen MR) is 111 cm³/mol. The van der Waals surface area contributed by atoms with Crippen LogP contribution in [0.15, 0.2) is 0 Å². The van der Waals surface area contributed by atoms with E-state index in [1.807, 2.05) is 7.05 Å². The van der Waals surface area contributed by atoms with E-state index in [9.17, 15) is 18.1 Å². The zero-order chi connectivity index (χ0) is 22.6. The Hall–Kier alpha value is -0.330. The first kappa shape index (κ1) is 30.9. The average Bonchev–Trinajstić information content (AvgIpc) is 2.63. The molecule has 0 spiro atoms. The SMILES string of the molecule is CCCCCCCCCCOCC(O)C[N+](C)(CCO)CCO.COS(=O)(=O)[O-]. The summed E-state index contributed by atoms with van der Waals surface area (Å²) in [6.45, 7) is 4.96. The number of hydrogen-bond acceptors (Lipinski definition) is 8. The quantitative estimate of drug-likeness (QED) is 0.123. The summed E-state index contributed by atoms with van der Waals surface area (Å²) >= 11 is 0. The van der Waals surface area contributed by atoms with Crippen LogP contribution >= 0.6 is 0 Å². The van der Waals surface area contributed by atoms with E-state index in [2.05, 4.69) is 11.1 Å². The van der Waals surface area contributed by atoms with E-state index >= 15 is 0 Å². The Morgan fingerprint density at radius 3 is 1.83 bits per heavy atom. The molecule has 0 saturated heterocycles. The number of aliphatic hydroxyl groups excluding tert-OH is 3. The van der Waals surface area contributed by atoms with Crippen LogP contribution in [-0.2, 0) is 19.3 Å². The molecule has 0 amide bonds. The van der Waals surface area contributed by atoms with Crippen LogP contribution in [0.5, 0.6) is 0 Å². The van der Waals surface area contributed by atoms with E-state index < -0.39 is 16.5 Å². The van der Waals surface area contributed by atoms with Gasteiger partial charge in [-0.25, -0.2) is 8.42 Å². The molecule has 0 aromatic heterocycles. The maximum absolute atomic E-state index is 10.1. The van der Waals surface area contributed by atoms with Crippen molar-refractivity contribution in [3.63, 3.8) is 0 Å². The molecule has 0 saturated carbocycles. The Morgan fingerprint density at radius 1 is 0.966 bits per heavy atom. The third-order valence-corrected chi connectivity index (χ3v) is 5.00. The first-order valence-electron chi connectivity index (χ1n) is 10.5. The van der Waals surface area contributed by atoms with E-state index in [0.717, 1.165) is 13.5 Å². The van der Waals surface area contributed by atoms with Crippen molar-refractivity contribution < 1.29 is 41.7 Å². The standard InChI is InChI=1S/C18H40NO4.CH4O4S/c1-3-4-5-6-7-8-9-10-15-23-17-18(22)16-19(2,11-13-20)12-14-21;1-5-6(2,3)4/h18,20-22H,3-17H2,1-2H3;1H3,(H,2,3,4)/q+1;/p-1. The molecular weight excluding hydrogens is 402 g/mol. The van der Waals surface area contributed by atoms with Gasteiger partial charge in [-0.1, -0.05) is 51.9 Å². The maximum atomic E-state index is 10.1. The molecular formula is C19H43NO8S. The lowest BCUT2D eigenvalue weighted by atomic mass is 10.1. The van der Waals surface area contributed by atoms with Gasteiger partial charge in [-0.2, -0.15) is 0 Å². The van der Waals surface area contributed by atoms with Gasteiger partial charge in [0.05, 0.1) is 34.0 Å². The zero-order valence-corrected chi connectivity index (χ0v) is 19.2. The normalized spacial score (nSPS) is 13.1. The molecule has 0 aliphatic rings. The molecule has 3 N–H and O–H groups in total. The van der Waals surface area contributed by atoms with Gasteiger partial charge in [0.1, 0.15) is 25.7 Å². The van der Waals surface area contributed by atoms with Crippen molar-refractivity contribution in [2.24, 2.45) is 0 Å². The molecule has 1 unspecified atom stereocenters. The summed E-state index contributed by atoms with van der Waals surface area (Å²) in [7, 11) is -1.67. The summed E-state index contributed by atoms with van der Waals surface area (Å²) in [6.07, 6.45) is 9.66. The van der Waals surface area contributed by atoms with E-state index in [4.69, 9.17) is 14.9 Å². The molecule has 1 atom stereocenters. The fourth-order valence-electron chi connectivity index (χ4n) is 2.90. The Balaban J connectivity index is 0. The number of likely N-dealkylation sites (N-methyl/N-ethyl adjacent to an activating group) is 1. The lowest BCUT2D eigenvalue weighted by molar-refractivity contribution is -0.913. The molecule has 178 valence electrons. The van der Waals surface area contributed by atoms with Crippen LogP contribution in [0.25, 0.3) is 0 Å². The highest BCUT2D eigenvalue weighted by atomic mass is 32.3. The number of hydrogen-bond donors (Lipinski definition) is 3. The molecule has 0 bridgehead atoms. The highest BCUT2D eigenvalue weighted by molar-refractivity contribution is 7.80. The number of quaternary nitrogens is 1. The summed E-state index contributed by atoms with van der Waals surface area (Å²) < 4.78 is 37.0. The minimum Gasteiger partial charge on any atom is -0.726 e. The summed E-state index contributed by atoms with van der Waals surface area (Å²) in [5.41, 5.74) is 0. The molecule has 0 fully saturated rings. The van der Waals surface area contributed by atoms with Gasteiger partial charge in [-0.15, -0.1) is 0 Å². The Morgan fingerprint density at radius 2 is 1.41 bits per heavy atom. The Kier molecular flexibility index (Phi) is 20.9. The van der Waals surface area contributed by atoms with Crippen LogP contribution in [0.1, 0.15) is 58.3 Å². The summed E-state index contributed by atoms with van der Waals surface area (Å²) in [6, 6.07) is 0. The van der Waals surface area contributed by atoms with E-state index in [1.165, 1.54) is 44.9 Å². The van der Waals surface area contributed by atoms with Gasteiger partial charge in [0, 0.05) is 6.61 Å². The van der Waals surface area contributed by atoms with Crippen LogP contribution in [-0.4, -0.2) is 99.1 Å². The second-order valence-electron chi connectivity index (χ2n) is 7.48. The number of aliphatic hydroxyl groups is 3. The molecule has 0 aliphatic heterocycles. The predicted octanol–water partition coefficient (Wildman–Crippen LogP) is 1.03. The van der Waals surface area contributed by atoms with Crippen molar-refractivity contribution >= 4 is 10.4 Å². The number of unbranched alkanes of at least 4 members (excludes halogenated alkanes) is 7. The summed E-state index contributed by atoms with van der Waals surface area (Å²) in [5.74, 6) is 0. The number of nitrogens with zero attached hydrogens (tertiary/aromatic N) is 1. The van der Waals surface area contributed by atoms with Gasteiger partial charge in [0.25, 0.3) is 0 Å². The molecule has 0 radical (unpaired) electrons. The summed E-state index contributed by atoms with van der Waals surface area (Å²) in [5, 5.41) is 28.2. The third kappa shape index (κ3) is 23.8. The van der Waals surface area contributed by atoms with Gasteiger partial charge in [0.2, 0.25) is 10.4 Å². The van der Waals surface area contributed by atoms with E-state index in [1.54, 1.807) is 0 Å². The van der Waals surface area contributed by atoms with E-state index in [0.29, 0.717) is 37.3 Å². The van der Waals surface area contributed by atoms with Gasteiger partial charge >= 0.3 is 0 Å². The zero-order valence-electron chi connectivity index (χ0n) is 18.4. The lowest BCUT2D eigenvalue weighted by Crippen LogP contribution is -2.52. The van der Waals surface area contributed by atoms with Crippen LogP contribution in [0, 0.1) is 0 Å². The largest absolute Gasteiger partial charge is 0.726 e. The first-order chi connectivity index (χ1) is 13.6. The Bertz CT molecular complexity index is 441. The highest BCUT2D eigenvalue weighted by Gasteiger charge is 2.24. The minimum atomic E-state index is -4.41. The molecule has 0 rings (SSSR count). The van der Waals surface area contributed by atoms with Crippen molar-refractivity contribution in [3.05, 3.63) is 0 Å². The van der Waals surface area contributed by atoms with E-state index in [-0.39, 0.29) is 13.2 Å². The molecule has 0 heterocycles. The highest BCUT2D eigenvalue weighted by Crippen LogP contribution is 2.09. The molecule has 9 nitrogen and oxygen atoms in total. The molecule has 0 aliphatic carbocycles. The first-order valence-corrected chi connectivity index (χ1v) is 11.8. The maximum Gasteiger partial charge on any atom is 0.217 e. The second-order valence-corrected chi connectivity index (χ2v) is 8.62.